The molecule has 2 aliphatic carbocycles. The number of carboxylic acids is 1. The van der Waals surface area contributed by atoms with Gasteiger partial charge in [0.2, 0.25) is 5.91 Å². The highest BCUT2D eigenvalue weighted by atomic mass is 16.4. The molecular weight excluding hydrogens is 206 g/mol. The maximum absolute atomic E-state index is 12.1. The summed E-state index contributed by atoms with van der Waals surface area (Å²) in [6.45, 7) is -0.111. The minimum absolute atomic E-state index is 0.0838. The van der Waals surface area contributed by atoms with E-state index in [-0.39, 0.29) is 24.4 Å². The SMILES string of the molecule is O=C(O)CN(C(=O)C1CCC1)C1CCCC1. The smallest absolute Gasteiger partial charge is 0.323 e. The van der Waals surface area contributed by atoms with Crippen LogP contribution in [0.1, 0.15) is 44.9 Å². The number of amides is 1. The Labute approximate surface area is 95.6 Å². The molecule has 0 aromatic carbocycles. The first-order valence-electron chi connectivity index (χ1n) is 6.21. The number of carboxylic acid groups (broad SMARTS) is 1. The van der Waals surface area contributed by atoms with Gasteiger partial charge in [-0.25, -0.2) is 0 Å². The van der Waals surface area contributed by atoms with Crippen molar-refractivity contribution in [1.29, 1.82) is 0 Å². The standard InChI is InChI=1S/C12H19NO3/c14-11(15)8-13(10-6-1-2-7-10)12(16)9-4-3-5-9/h9-10H,1-8H2,(H,14,15). The van der Waals surface area contributed by atoms with Crippen molar-refractivity contribution in [3.05, 3.63) is 0 Å². The molecule has 4 nitrogen and oxygen atoms in total. The molecule has 0 unspecified atom stereocenters. The molecule has 0 bridgehead atoms. The van der Waals surface area contributed by atoms with Crippen LogP contribution in [0.3, 0.4) is 0 Å². The van der Waals surface area contributed by atoms with Crippen LogP contribution in [0, 0.1) is 5.92 Å². The second-order valence-corrected chi connectivity index (χ2v) is 4.93. The van der Waals surface area contributed by atoms with Crippen molar-refractivity contribution in [2.45, 2.75) is 51.0 Å². The first-order valence-corrected chi connectivity index (χ1v) is 6.21. The molecule has 0 aliphatic heterocycles. The average Bonchev–Trinajstić information content (AvgIpc) is 2.63. The highest BCUT2D eigenvalue weighted by molar-refractivity contribution is 5.84. The molecule has 16 heavy (non-hydrogen) atoms. The molecule has 0 saturated heterocycles. The van der Waals surface area contributed by atoms with Gasteiger partial charge in [-0.3, -0.25) is 9.59 Å². The van der Waals surface area contributed by atoms with Crippen LogP contribution in [0.4, 0.5) is 0 Å². The molecule has 2 rings (SSSR count). The average molecular weight is 225 g/mol. The number of hydrogen-bond donors (Lipinski definition) is 1. The summed E-state index contributed by atoms with van der Waals surface area (Å²) < 4.78 is 0. The van der Waals surface area contributed by atoms with E-state index >= 15 is 0 Å². The third kappa shape index (κ3) is 2.36. The Morgan fingerprint density at radius 1 is 1.06 bits per heavy atom. The maximum atomic E-state index is 12.1. The summed E-state index contributed by atoms with van der Waals surface area (Å²) in [6, 6.07) is 0.184. The zero-order valence-electron chi connectivity index (χ0n) is 9.52. The summed E-state index contributed by atoms with van der Waals surface area (Å²) in [6.07, 6.45) is 7.21. The number of aliphatic carboxylic acids is 1. The van der Waals surface area contributed by atoms with Crippen molar-refractivity contribution >= 4 is 11.9 Å². The van der Waals surface area contributed by atoms with E-state index in [0.717, 1.165) is 44.9 Å². The molecule has 90 valence electrons. The predicted molar refractivity (Wildman–Crippen MR) is 58.9 cm³/mol. The fraction of sp³-hybridized carbons (Fsp3) is 0.833. The van der Waals surface area contributed by atoms with E-state index in [9.17, 15) is 9.59 Å². The molecule has 1 N–H and O–H groups in total. The second kappa shape index (κ2) is 4.85. The quantitative estimate of drug-likeness (QED) is 0.791. The van der Waals surface area contributed by atoms with Gasteiger partial charge in [-0.2, -0.15) is 0 Å². The monoisotopic (exact) mass is 225 g/mol. The Morgan fingerprint density at radius 3 is 2.12 bits per heavy atom. The molecular formula is C12H19NO3. The third-order valence-corrected chi connectivity index (χ3v) is 3.81. The van der Waals surface area contributed by atoms with Gasteiger partial charge in [0, 0.05) is 12.0 Å². The molecule has 2 aliphatic rings. The minimum atomic E-state index is -0.889. The molecule has 0 heterocycles. The number of hydrogen-bond acceptors (Lipinski definition) is 2. The van der Waals surface area contributed by atoms with Crippen LogP contribution >= 0.6 is 0 Å². The van der Waals surface area contributed by atoms with Crippen molar-refractivity contribution in [1.82, 2.24) is 4.90 Å². The van der Waals surface area contributed by atoms with Crippen molar-refractivity contribution in [2.24, 2.45) is 5.92 Å². The number of carbonyl (C=O) groups excluding carboxylic acids is 1. The van der Waals surface area contributed by atoms with E-state index in [1.807, 2.05) is 0 Å². The predicted octanol–water partition coefficient (Wildman–Crippen LogP) is 1.64. The Morgan fingerprint density at radius 2 is 1.69 bits per heavy atom. The van der Waals surface area contributed by atoms with Crippen LogP contribution in [0.2, 0.25) is 0 Å². The van der Waals surface area contributed by atoms with Crippen LogP contribution in [-0.4, -0.2) is 34.5 Å². The molecule has 0 atom stereocenters. The minimum Gasteiger partial charge on any atom is -0.480 e. The van der Waals surface area contributed by atoms with Crippen molar-refractivity contribution in [3.8, 4) is 0 Å². The molecule has 4 heteroatoms. The van der Waals surface area contributed by atoms with E-state index in [1.54, 1.807) is 4.90 Å². The third-order valence-electron chi connectivity index (χ3n) is 3.81. The van der Waals surface area contributed by atoms with Gasteiger partial charge >= 0.3 is 5.97 Å². The van der Waals surface area contributed by atoms with Gasteiger partial charge in [0.15, 0.2) is 0 Å². The lowest BCUT2D eigenvalue weighted by Gasteiger charge is -2.34. The lowest BCUT2D eigenvalue weighted by atomic mass is 9.84. The van der Waals surface area contributed by atoms with E-state index in [4.69, 9.17) is 5.11 Å². The van der Waals surface area contributed by atoms with Crippen LogP contribution in [0.5, 0.6) is 0 Å². The van der Waals surface area contributed by atoms with Crippen LogP contribution in [-0.2, 0) is 9.59 Å². The number of carbonyl (C=O) groups is 2. The van der Waals surface area contributed by atoms with Crippen LogP contribution in [0.15, 0.2) is 0 Å². The molecule has 0 radical (unpaired) electrons. The highest BCUT2D eigenvalue weighted by Crippen LogP contribution is 2.31. The van der Waals surface area contributed by atoms with Gasteiger partial charge < -0.3 is 10.0 Å². The first-order chi connectivity index (χ1) is 7.68. The van der Waals surface area contributed by atoms with Gasteiger partial charge in [-0.1, -0.05) is 19.3 Å². The Balaban J connectivity index is 2.00. The van der Waals surface area contributed by atoms with Crippen LogP contribution in [0.25, 0.3) is 0 Å². The lowest BCUT2D eigenvalue weighted by molar-refractivity contribution is -0.149. The van der Waals surface area contributed by atoms with E-state index < -0.39 is 5.97 Å². The van der Waals surface area contributed by atoms with E-state index in [2.05, 4.69) is 0 Å². The van der Waals surface area contributed by atoms with Gasteiger partial charge in [0.25, 0.3) is 0 Å². The number of rotatable bonds is 4. The van der Waals surface area contributed by atoms with Gasteiger partial charge in [-0.15, -0.1) is 0 Å². The summed E-state index contributed by atoms with van der Waals surface area (Å²) in [4.78, 5) is 24.5. The summed E-state index contributed by atoms with van der Waals surface area (Å²) in [7, 11) is 0. The summed E-state index contributed by atoms with van der Waals surface area (Å²) in [5.41, 5.74) is 0. The maximum Gasteiger partial charge on any atom is 0.323 e. The Bertz CT molecular complexity index is 280. The van der Waals surface area contributed by atoms with E-state index in [0.29, 0.717) is 0 Å². The van der Waals surface area contributed by atoms with Gasteiger partial charge in [0.1, 0.15) is 6.54 Å². The number of nitrogens with zero attached hydrogens (tertiary/aromatic N) is 1. The first kappa shape index (κ1) is 11.4. The molecule has 1 amide bonds. The van der Waals surface area contributed by atoms with Crippen LogP contribution < -0.4 is 0 Å². The molecule has 0 aromatic rings. The van der Waals surface area contributed by atoms with Crippen molar-refractivity contribution in [2.75, 3.05) is 6.54 Å². The molecule has 2 saturated carbocycles. The Hall–Kier alpha value is -1.06. The summed E-state index contributed by atoms with van der Waals surface area (Å²) in [5, 5.41) is 8.87. The van der Waals surface area contributed by atoms with Gasteiger partial charge in [0.05, 0.1) is 0 Å². The zero-order chi connectivity index (χ0) is 11.5. The normalized spacial score (nSPS) is 21.8. The lowest BCUT2D eigenvalue weighted by Crippen LogP contribution is -2.46. The van der Waals surface area contributed by atoms with Gasteiger partial charge in [-0.05, 0) is 25.7 Å². The fourth-order valence-electron chi connectivity index (χ4n) is 2.64. The zero-order valence-corrected chi connectivity index (χ0v) is 9.52. The fourth-order valence-corrected chi connectivity index (χ4v) is 2.64. The molecule has 2 fully saturated rings. The Kier molecular flexibility index (Phi) is 3.46. The summed E-state index contributed by atoms with van der Waals surface area (Å²) in [5.74, 6) is -0.694. The highest BCUT2D eigenvalue weighted by Gasteiger charge is 2.34. The molecule has 0 spiro atoms. The molecule has 0 aromatic heterocycles. The van der Waals surface area contributed by atoms with Crippen molar-refractivity contribution < 1.29 is 14.7 Å². The van der Waals surface area contributed by atoms with Crippen molar-refractivity contribution in [3.63, 3.8) is 0 Å². The largest absolute Gasteiger partial charge is 0.480 e. The second-order valence-electron chi connectivity index (χ2n) is 4.93. The topological polar surface area (TPSA) is 57.6 Å². The van der Waals surface area contributed by atoms with E-state index in [1.165, 1.54) is 0 Å². The summed E-state index contributed by atoms with van der Waals surface area (Å²) >= 11 is 0.